The number of aromatic nitrogens is 2. The molecule has 41 heavy (non-hydrogen) atoms. The maximum absolute atomic E-state index is 12.2. The van der Waals surface area contributed by atoms with E-state index >= 15 is 0 Å². The number of hydrogen-bond donors (Lipinski definition) is 0. The minimum absolute atomic E-state index is 0.390. The Labute approximate surface area is 252 Å². The third-order valence-electron chi connectivity index (χ3n) is 6.31. The van der Waals surface area contributed by atoms with Crippen LogP contribution in [0, 0.1) is 0 Å². The summed E-state index contributed by atoms with van der Waals surface area (Å²) < 4.78 is 20.9. The Morgan fingerprint density at radius 3 is 1.32 bits per heavy atom. The van der Waals surface area contributed by atoms with Gasteiger partial charge in [0.2, 0.25) is 0 Å². The molecule has 0 spiro atoms. The number of carbonyl (C=O) groups excluding carboxylic acids is 2. The van der Waals surface area contributed by atoms with E-state index in [0.717, 1.165) is 10.8 Å². The third-order valence-corrected chi connectivity index (χ3v) is 6.31. The van der Waals surface area contributed by atoms with Crippen molar-refractivity contribution in [3.8, 4) is 34.0 Å². The number of rotatable bonds is 6. The molecular weight excluding hydrogens is 621 g/mol. The number of carbonyl (C=O) groups is 2. The topological polar surface area (TPSA) is 96.8 Å². The van der Waals surface area contributed by atoms with Crippen molar-refractivity contribution in [1.29, 1.82) is 0 Å². The second-order valence-corrected chi connectivity index (χ2v) is 13.1. The molecule has 0 unspecified atom stereocenters. The van der Waals surface area contributed by atoms with Crippen molar-refractivity contribution in [2.45, 2.75) is 0 Å². The zero-order valence-corrected chi connectivity index (χ0v) is 27.2. The van der Waals surface area contributed by atoms with Gasteiger partial charge in [0.05, 0.1) is 62.0 Å². The van der Waals surface area contributed by atoms with Crippen LogP contribution >= 0.6 is 19.4 Å². The molecular formula is C30H24Cl2N2O6Zn. The molecule has 0 saturated carbocycles. The number of pyridine rings is 2. The number of fused-ring (bicyclic) bond motifs is 3. The van der Waals surface area contributed by atoms with Crippen LogP contribution in [0.3, 0.4) is 0 Å². The molecule has 0 bridgehead atoms. The van der Waals surface area contributed by atoms with Gasteiger partial charge in [-0.2, -0.15) is 0 Å². The van der Waals surface area contributed by atoms with E-state index in [1.54, 1.807) is 50.6 Å². The van der Waals surface area contributed by atoms with Crippen molar-refractivity contribution < 1.29 is 43.7 Å². The van der Waals surface area contributed by atoms with E-state index < -0.39 is 27.1 Å². The van der Waals surface area contributed by atoms with E-state index in [1.165, 1.54) is 14.2 Å². The van der Waals surface area contributed by atoms with Crippen molar-refractivity contribution in [1.82, 2.24) is 9.97 Å². The zero-order chi connectivity index (χ0) is 29.5. The fraction of sp³-hybridized carbons (Fsp3) is 0.133. The Kier molecular flexibility index (Phi) is 10.1. The van der Waals surface area contributed by atoms with Crippen LogP contribution in [-0.4, -0.2) is 50.3 Å². The molecule has 8 nitrogen and oxygen atoms in total. The molecule has 0 aliphatic heterocycles. The number of benzene rings is 3. The normalized spacial score (nSPS) is 10.3. The number of halogens is 2. The summed E-state index contributed by atoms with van der Waals surface area (Å²) in [5.41, 5.74) is 4.67. The predicted molar refractivity (Wildman–Crippen MR) is 155 cm³/mol. The van der Waals surface area contributed by atoms with Gasteiger partial charge in [-0.1, -0.05) is 24.3 Å². The summed E-state index contributed by atoms with van der Waals surface area (Å²) in [6.45, 7) is 0. The van der Waals surface area contributed by atoms with Crippen LogP contribution in [0.15, 0.2) is 72.8 Å². The van der Waals surface area contributed by atoms with Crippen LogP contribution in [0.25, 0.3) is 44.3 Å². The molecule has 0 atom stereocenters. The maximum atomic E-state index is 12.2. The molecule has 0 aliphatic carbocycles. The molecule has 206 valence electrons. The second-order valence-electron chi connectivity index (χ2n) is 8.52. The van der Waals surface area contributed by atoms with Gasteiger partial charge in [-0.25, -0.2) is 19.6 Å². The standard InChI is InChI=1S/C30H24N2O6.2ClH.Zn/c1-35-25-13-9-19(29(33)37-3)15-21(25)23-11-7-17-5-6-18-8-12-24(32-28(18)27(17)31-23)22-16-20(30(34)38-4)10-14-26(22)36-2;;;/h5-16H,1-4H3;2*1H;/q;;;+2/p-2. The quantitative estimate of drug-likeness (QED) is 0.110. The van der Waals surface area contributed by atoms with E-state index in [2.05, 4.69) is 0 Å². The molecule has 5 aromatic rings. The molecule has 3 aromatic carbocycles. The van der Waals surface area contributed by atoms with Crippen molar-refractivity contribution in [2.24, 2.45) is 0 Å². The third kappa shape index (κ3) is 6.43. The number of nitrogens with zero attached hydrogens (tertiary/aromatic N) is 2. The van der Waals surface area contributed by atoms with Gasteiger partial charge in [-0.3, -0.25) is 0 Å². The van der Waals surface area contributed by atoms with E-state index in [4.69, 9.17) is 48.3 Å². The molecule has 0 N–H and O–H groups in total. The summed E-state index contributed by atoms with van der Waals surface area (Å²) in [6, 6.07) is 21.7. The molecule has 5 rings (SSSR count). The number of ether oxygens (including phenoxy) is 4. The van der Waals surface area contributed by atoms with E-state index in [1.807, 2.05) is 36.4 Å². The van der Waals surface area contributed by atoms with Crippen LogP contribution in [0.4, 0.5) is 0 Å². The molecule has 0 fully saturated rings. The first-order valence-corrected chi connectivity index (χ1v) is 20.0. The molecule has 0 radical (unpaired) electrons. The first-order chi connectivity index (χ1) is 19.9. The van der Waals surface area contributed by atoms with Crippen LogP contribution in [0.2, 0.25) is 0 Å². The van der Waals surface area contributed by atoms with Gasteiger partial charge >= 0.3 is 46.5 Å². The number of hydrogen-bond acceptors (Lipinski definition) is 8. The molecule has 0 aliphatic rings. The Balaban J connectivity index is 0.00000124. The van der Waals surface area contributed by atoms with Crippen LogP contribution in [-0.2, 0) is 24.6 Å². The van der Waals surface area contributed by atoms with Crippen molar-refractivity contribution in [2.75, 3.05) is 28.4 Å². The average molecular weight is 645 g/mol. The van der Waals surface area contributed by atoms with Gasteiger partial charge in [-0.05, 0) is 48.5 Å². The monoisotopic (exact) mass is 642 g/mol. The van der Waals surface area contributed by atoms with E-state index in [9.17, 15) is 9.59 Å². The molecule has 2 heterocycles. The van der Waals surface area contributed by atoms with Gasteiger partial charge in [0, 0.05) is 21.9 Å². The Morgan fingerprint density at radius 1 is 0.610 bits per heavy atom. The summed E-state index contributed by atoms with van der Waals surface area (Å²) >= 11 is -0.931. The van der Waals surface area contributed by atoms with Gasteiger partial charge < -0.3 is 18.9 Å². The van der Waals surface area contributed by atoms with Gasteiger partial charge in [0.1, 0.15) is 11.5 Å². The van der Waals surface area contributed by atoms with Crippen LogP contribution in [0.5, 0.6) is 11.5 Å². The summed E-state index contributed by atoms with van der Waals surface area (Å²) in [5.74, 6) is 0.245. The SMILES string of the molecule is COC(=O)c1ccc(OC)c(-c2ccc3ccc4ccc(-c5cc(C(=O)OC)ccc5OC)nc4c3n2)c1.[Cl][Zn][Cl]. The fourth-order valence-corrected chi connectivity index (χ4v) is 4.37. The van der Waals surface area contributed by atoms with Crippen LogP contribution in [0.1, 0.15) is 20.7 Å². The second kappa shape index (κ2) is 13.7. The van der Waals surface area contributed by atoms with E-state index in [-0.39, 0.29) is 0 Å². The first-order valence-electron chi connectivity index (χ1n) is 12.2. The molecule has 2 aromatic heterocycles. The van der Waals surface area contributed by atoms with Crippen LogP contribution < -0.4 is 9.47 Å². The summed E-state index contributed by atoms with van der Waals surface area (Å²) in [4.78, 5) is 34.2. The zero-order valence-electron chi connectivity index (χ0n) is 22.7. The molecule has 0 saturated heterocycles. The van der Waals surface area contributed by atoms with Crippen molar-refractivity contribution >= 4 is 53.1 Å². The van der Waals surface area contributed by atoms with Crippen molar-refractivity contribution in [3.05, 3.63) is 83.9 Å². The minimum atomic E-state index is -0.931. The first kappa shape index (κ1) is 30.2. The van der Waals surface area contributed by atoms with Gasteiger partial charge in [0.25, 0.3) is 0 Å². The van der Waals surface area contributed by atoms with Gasteiger partial charge in [-0.15, -0.1) is 0 Å². The summed E-state index contributed by atoms with van der Waals surface area (Å²) in [7, 11) is 15.7. The fourth-order valence-electron chi connectivity index (χ4n) is 4.37. The van der Waals surface area contributed by atoms with Gasteiger partial charge in [0.15, 0.2) is 0 Å². The summed E-state index contributed by atoms with van der Waals surface area (Å²) in [6.07, 6.45) is 0. The molecule has 0 amide bonds. The van der Waals surface area contributed by atoms with E-state index in [0.29, 0.717) is 56.2 Å². The van der Waals surface area contributed by atoms with Crippen molar-refractivity contribution in [3.63, 3.8) is 0 Å². The number of esters is 2. The summed E-state index contributed by atoms with van der Waals surface area (Å²) in [5, 5.41) is 1.79. The Bertz CT molecular complexity index is 1620. The Morgan fingerprint density at radius 2 is 0.976 bits per heavy atom. The Hall–Kier alpha value is -3.78. The predicted octanol–water partition coefficient (Wildman–Crippen LogP) is 7.08. The average Bonchev–Trinajstić information content (AvgIpc) is 3.03. The number of methoxy groups -OCH3 is 4. The molecule has 11 heteroatoms.